The number of anilines is 2. The fourth-order valence-corrected chi connectivity index (χ4v) is 4.50. The van der Waals surface area contributed by atoms with Crippen LogP contribution in [0.5, 0.6) is 0 Å². The molecule has 0 radical (unpaired) electrons. The molecule has 3 heterocycles. The Balaban J connectivity index is 1.31. The zero-order chi connectivity index (χ0) is 17.9. The van der Waals surface area contributed by atoms with Crippen LogP contribution in [0.3, 0.4) is 0 Å². The maximum absolute atomic E-state index is 12.5. The van der Waals surface area contributed by atoms with Crippen molar-refractivity contribution < 1.29 is 9.53 Å². The molecular formula is C16H23N7O2S. The first kappa shape index (κ1) is 17.2. The highest BCUT2D eigenvalue weighted by Crippen LogP contribution is 2.34. The number of nitrogen functional groups attached to an aromatic ring is 1. The van der Waals surface area contributed by atoms with Crippen LogP contribution in [-0.2, 0) is 28.8 Å². The molecule has 0 bridgehead atoms. The summed E-state index contributed by atoms with van der Waals surface area (Å²) in [5.74, 6) is 0.986. The summed E-state index contributed by atoms with van der Waals surface area (Å²) in [5, 5.41) is 10.6. The number of amides is 1. The predicted octanol–water partition coefficient (Wildman–Crippen LogP) is 0.144. The van der Waals surface area contributed by atoms with E-state index in [9.17, 15) is 4.79 Å². The summed E-state index contributed by atoms with van der Waals surface area (Å²) in [6.07, 6.45) is 3.11. The third-order valence-electron chi connectivity index (χ3n) is 4.79. The van der Waals surface area contributed by atoms with Crippen molar-refractivity contribution in [3.63, 3.8) is 0 Å². The van der Waals surface area contributed by atoms with Gasteiger partial charge in [-0.05, 0) is 12.8 Å². The second-order valence-corrected chi connectivity index (χ2v) is 7.65. The number of thiazole rings is 1. The number of ether oxygens (including phenoxy) is 1. The molecule has 4 rings (SSSR count). The first-order valence-electron chi connectivity index (χ1n) is 8.95. The SMILES string of the molecule is Nc1n[nH]c(CCNC(=O)C2CCc3sc(N4CCOCC4)nc3C2)n1. The molecule has 1 atom stereocenters. The summed E-state index contributed by atoms with van der Waals surface area (Å²) < 4.78 is 5.41. The summed E-state index contributed by atoms with van der Waals surface area (Å²) in [6, 6.07) is 0. The van der Waals surface area contributed by atoms with Gasteiger partial charge in [-0.15, -0.1) is 16.4 Å². The number of nitrogens with one attached hydrogen (secondary N) is 2. The average molecular weight is 377 g/mol. The van der Waals surface area contributed by atoms with Gasteiger partial charge in [0.1, 0.15) is 5.82 Å². The minimum absolute atomic E-state index is 0.0121. The number of carbonyl (C=O) groups excluding carboxylic acids is 1. The number of morpholine rings is 1. The van der Waals surface area contributed by atoms with E-state index in [1.165, 1.54) is 4.88 Å². The van der Waals surface area contributed by atoms with E-state index in [-0.39, 0.29) is 17.8 Å². The highest BCUT2D eigenvalue weighted by Gasteiger charge is 2.28. The number of aromatic amines is 1. The first-order chi connectivity index (χ1) is 12.7. The molecule has 9 nitrogen and oxygen atoms in total. The second-order valence-electron chi connectivity index (χ2n) is 6.59. The molecule has 140 valence electrons. The number of nitrogens with two attached hydrogens (primary N) is 1. The molecule has 26 heavy (non-hydrogen) atoms. The Morgan fingerprint density at radius 2 is 2.23 bits per heavy atom. The molecular weight excluding hydrogens is 354 g/mol. The normalized spacial score (nSPS) is 20.0. The van der Waals surface area contributed by atoms with E-state index in [0.717, 1.165) is 56.4 Å². The smallest absolute Gasteiger partial charge is 0.239 e. The minimum Gasteiger partial charge on any atom is -0.378 e. The van der Waals surface area contributed by atoms with Crippen molar-refractivity contribution in [2.75, 3.05) is 43.5 Å². The first-order valence-corrected chi connectivity index (χ1v) is 9.76. The monoisotopic (exact) mass is 377 g/mol. The standard InChI is InChI=1S/C16H23N7O2S/c17-15-20-13(21-22-15)3-4-18-14(24)10-1-2-12-11(9-10)19-16(26-12)23-5-7-25-8-6-23/h10H,1-9H2,(H,18,24)(H3,17,20,21,22). The molecule has 1 aliphatic heterocycles. The molecule has 0 saturated carbocycles. The van der Waals surface area contributed by atoms with Crippen LogP contribution in [-0.4, -0.2) is 58.9 Å². The van der Waals surface area contributed by atoms with Crippen molar-refractivity contribution in [3.05, 3.63) is 16.4 Å². The van der Waals surface area contributed by atoms with E-state index in [4.69, 9.17) is 15.5 Å². The molecule has 1 fully saturated rings. The van der Waals surface area contributed by atoms with Crippen molar-refractivity contribution in [1.29, 1.82) is 0 Å². The van der Waals surface area contributed by atoms with Crippen LogP contribution in [0.1, 0.15) is 22.8 Å². The third kappa shape index (κ3) is 3.80. The average Bonchev–Trinajstić information content (AvgIpc) is 3.27. The summed E-state index contributed by atoms with van der Waals surface area (Å²) in [7, 11) is 0. The van der Waals surface area contributed by atoms with E-state index in [0.29, 0.717) is 18.8 Å². The Bertz CT molecular complexity index is 768. The van der Waals surface area contributed by atoms with Crippen LogP contribution < -0.4 is 16.0 Å². The molecule has 1 saturated heterocycles. The van der Waals surface area contributed by atoms with Gasteiger partial charge in [-0.2, -0.15) is 4.98 Å². The van der Waals surface area contributed by atoms with E-state index in [1.54, 1.807) is 11.3 Å². The van der Waals surface area contributed by atoms with Gasteiger partial charge in [-0.3, -0.25) is 9.89 Å². The lowest BCUT2D eigenvalue weighted by Gasteiger charge is -2.26. The van der Waals surface area contributed by atoms with Crippen molar-refractivity contribution in [2.45, 2.75) is 25.7 Å². The Morgan fingerprint density at radius 1 is 1.38 bits per heavy atom. The highest BCUT2D eigenvalue weighted by atomic mass is 32.1. The number of aryl methyl sites for hydroxylation is 1. The van der Waals surface area contributed by atoms with Crippen LogP contribution >= 0.6 is 11.3 Å². The van der Waals surface area contributed by atoms with Gasteiger partial charge in [0.2, 0.25) is 11.9 Å². The quantitative estimate of drug-likeness (QED) is 0.677. The minimum atomic E-state index is -0.0121. The molecule has 10 heteroatoms. The van der Waals surface area contributed by atoms with E-state index < -0.39 is 0 Å². The summed E-state index contributed by atoms with van der Waals surface area (Å²) >= 11 is 1.77. The molecule has 2 aliphatic rings. The van der Waals surface area contributed by atoms with Gasteiger partial charge >= 0.3 is 0 Å². The van der Waals surface area contributed by atoms with Crippen molar-refractivity contribution >= 4 is 28.3 Å². The fourth-order valence-electron chi connectivity index (χ4n) is 3.35. The van der Waals surface area contributed by atoms with Gasteiger partial charge in [0, 0.05) is 43.3 Å². The van der Waals surface area contributed by atoms with Crippen molar-refractivity contribution in [1.82, 2.24) is 25.5 Å². The van der Waals surface area contributed by atoms with Crippen molar-refractivity contribution in [2.24, 2.45) is 5.92 Å². The molecule has 1 unspecified atom stereocenters. The summed E-state index contributed by atoms with van der Waals surface area (Å²) in [5.41, 5.74) is 6.56. The van der Waals surface area contributed by atoms with Gasteiger partial charge < -0.3 is 20.7 Å². The second kappa shape index (κ2) is 7.58. The molecule has 0 aromatic carbocycles. The molecule has 0 spiro atoms. The van der Waals surface area contributed by atoms with Crippen LogP contribution in [0.4, 0.5) is 11.1 Å². The van der Waals surface area contributed by atoms with E-state index in [2.05, 4.69) is 25.4 Å². The number of H-pyrrole nitrogens is 1. The van der Waals surface area contributed by atoms with Gasteiger partial charge in [-0.25, -0.2) is 4.98 Å². The maximum atomic E-state index is 12.5. The molecule has 2 aromatic heterocycles. The van der Waals surface area contributed by atoms with Gasteiger partial charge in [0.15, 0.2) is 5.13 Å². The summed E-state index contributed by atoms with van der Waals surface area (Å²) in [4.78, 5) is 24.9. The maximum Gasteiger partial charge on any atom is 0.239 e. The molecule has 4 N–H and O–H groups in total. The Morgan fingerprint density at radius 3 is 3.00 bits per heavy atom. The number of hydrogen-bond donors (Lipinski definition) is 3. The Labute approximate surface area is 155 Å². The number of nitrogens with zero attached hydrogens (tertiary/aromatic N) is 4. The highest BCUT2D eigenvalue weighted by molar-refractivity contribution is 7.15. The largest absolute Gasteiger partial charge is 0.378 e. The summed E-state index contributed by atoms with van der Waals surface area (Å²) in [6.45, 7) is 3.82. The Hall–Kier alpha value is -2.20. The molecule has 2 aromatic rings. The van der Waals surface area contributed by atoms with Crippen LogP contribution in [0.15, 0.2) is 0 Å². The number of aromatic nitrogens is 4. The van der Waals surface area contributed by atoms with Crippen LogP contribution in [0.25, 0.3) is 0 Å². The number of carbonyl (C=O) groups is 1. The fraction of sp³-hybridized carbons (Fsp3) is 0.625. The third-order valence-corrected chi connectivity index (χ3v) is 6.01. The van der Waals surface area contributed by atoms with Crippen LogP contribution in [0.2, 0.25) is 0 Å². The Kier molecular flexibility index (Phi) is 5.02. The van der Waals surface area contributed by atoms with Gasteiger partial charge in [0.05, 0.1) is 18.9 Å². The van der Waals surface area contributed by atoms with Gasteiger partial charge in [-0.1, -0.05) is 0 Å². The topological polar surface area (TPSA) is 122 Å². The lowest BCUT2D eigenvalue weighted by Crippen LogP contribution is -2.36. The number of hydrogen-bond acceptors (Lipinski definition) is 8. The number of fused-ring (bicyclic) bond motifs is 1. The predicted molar refractivity (Wildman–Crippen MR) is 98.2 cm³/mol. The molecule has 1 amide bonds. The lowest BCUT2D eigenvalue weighted by atomic mass is 9.90. The number of rotatable bonds is 5. The lowest BCUT2D eigenvalue weighted by molar-refractivity contribution is -0.125. The van der Waals surface area contributed by atoms with E-state index >= 15 is 0 Å². The van der Waals surface area contributed by atoms with Crippen LogP contribution in [0, 0.1) is 5.92 Å². The zero-order valence-corrected chi connectivity index (χ0v) is 15.3. The van der Waals surface area contributed by atoms with Crippen molar-refractivity contribution in [3.8, 4) is 0 Å². The van der Waals surface area contributed by atoms with E-state index in [1.807, 2.05) is 0 Å². The zero-order valence-electron chi connectivity index (χ0n) is 14.5. The molecule has 1 aliphatic carbocycles. The van der Waals surface area contributed by atoms with Gasteiger partial charge in [0.25, 0.3) is 0 Å².